The summed E-state index contributed by atoms with van der Waals surface area (Å²) in [5.41, 5.74) is -0.146. The number of nitrogens with zero attached hydrogens (tertiary/aromatic N) is 1. The zero-order chi connectivity index (χ0) is 26.3. The van der Waals surface area contributed by atoms with Gasteiger partial charge in [-0.25, -0.2) is 8.78 Å². The van der Waals surface area contributed by atoms with Crippen molar-refractivity contribution in [3.8, 4) is 0 Å². The molecule has 6 heteroatoms. The van der Waals surface area contributed by atoms with E-state index in [0.717, 1.165) is 0 Å². The van der Waals surface area contributed by atoms with E-state index in [4.69, 9.17) is 0 Å². The lowest BCUT2D eigenvalue weighted by Crippen LogP contribution is -2.49. The predicted octanol–water partition coefficient (Wildman–Crippen LogP) is 6.01. The molecule has 0 saturated carbocycles. The minimum absolute atomic E-state index is 0.161. The van der Waals surface area contributed by atoms with Crippen molar-refractivity contribution in [2.75, 3.05) is 4.90 Å². The number of anilines is 1. The van der Waals surface area contributed by atoms with E-state index >= 15 is 0 Å². The lowest BCUT2D eigenvalue weighted by Gasteiger charge is -2.38. The highest BCUT2D eigenvalue weighted by atomic mass is 19.1. The minimum Gasteiger partial charge on any atom is -0.352 e. The van der Waals surface area contributed by atoms with Crippen molar-refractivity contribution in [1.82, 2.24) is 0 Å². The second kappa shape index (κ2) is 7.78. The first-order valence-corrected chi connectivity index (χ1v) is 12.3. The molecule has 2 heterocycles. The van der Waals surface area contributed by atoms with Gasteiger partial charge in [0.15, 0.2) is 17.3 Å². The van der Waals surface area contributed by atoms with Crippen molar-refractivity contribution < 1.29 is 23.2 Å². The van der Waals surface area contributed by atoms with Crippen molar-refractivity contribution >= 4 is 29.1 Å². The van der Waals surface area contributed by atoms with Crippen molar-refractivity contribution in [1.29, 1.82) is 0 Å². The van der Waals surface area contributed by atoms with Crippen LogP contribution in [0.25, 0.3) is 6.08 Å². The van der Waals surface area contributed by atoms with Crippen molar-refractivity contribution in [3.05, 3.63) is 107 Å². The lowest BCUT2D eigenvalue weighted by molar-refractivity contribution is -0.127. The number of carbonyl (C=O) groups excluding carboxylic acids is 3. The third-order valence-electron chi connectivity index (χ3n) is 8.00. The van der Waals surface area contributed by atoms with E-state index in [1.54, 1.807) is 75.4 Å². The molecule has 1 fully saturated rings. The number of fused-ring (bicyclic) bond motifs is 5. The molecule has 0 radical (unpaired) electrons. The van der Waals surface area contributed by atoms with Crippen molar-refractivity contribution in [2.45, 2.75) is 38.8 Å². The van der Waals surface area contributed by atoms with Crippen LogP contribution in [-0.2, 0) is 4.79 Å². The highest BCUT2D eigenvalue weighted by Gasteiger charge is 2.71. The normalized spacial score (nSPS) is 23.3. The maximum absolute atomic E-state index is 14.4. The van der Waals surface area contributed by atoms with Crippen LogP contribution in [-0.4, -0.2) is 29.4 Å². The maximum Gasteiger partial charge on any atom is 0.180 e. The van der Waals surface area contributed by atoms with Gasteiger partial charge in [0.05, 0.1) is 12.1 Å². The Labute approximate surface area is 213 Å². The summed E-state index contributed by atoms with van der Waals surface area (Å²) in [4.78, 5) is 44.9. The number of benzene rings is 3. The third kappa shape index (κ3) is 3.08. The summed E-state index contributed by atoms with van der Waals surface area (Å²) in [5, 5.41) is 0. The molecule has 0 aromatic heterocycles. The molecule has 3 aliphatic rings. The number of Topliss-reactive ketones (excluding diaryl/α,β-unsaturated/α-hetero) is 3. The minimum atomic E-state index is -1.64. The summed E-state index contributed by atoms with van der Waals surface area (Å²) in [5.74, 6) is -2.64. The average molecular weight is 498 g/mol. The summed E-state index contributed by atoms with van der Waals surface area (Å²) in [6.07, 6.45) is 3.46. The van der Waals surface area contributed by atoms with Crippen LogP contribution in [0.2, 0.25) is 0 Å². The van der Waals surface area contributed by atoms with Gasteiger partial charge in [0, 0.05) is 33.7 Å². The molecule has 6 rings (SSSR count). The fraction of sp³-hybridized carbons (Fsp3) is 0.258. The quantitative estimate of drug-likeness (QED) is 0.407. The van der Waals surface area contributed by atoms with Crippen LogP contribution >= 0.6 is 0 Å². The van der Waals surface area contributed by atoms with Gasteiger partial charge in [0.2, 0.25) is 0 Å². The molecular formula is C31H25F2NO3. The number of hydrogen-bond acceptors (Lipinski definition) is 4. The van der Waals surface area contributed by atoms with E-state index < -0.39 is 40.5 Å². The van der Waals surface area contributed by atoms with E-state index in [9.17, 15) is 23.2 Å². The Kier molecular flexibility index (Phi) is 4.94. The van der Waals surface area contributed by atoms with Crippen LogP contribution < -0.4 is 4.90 Å². The van der Waals surface area contributed by atoms with E-state index in [1.165, 1.54) is 24.3 Å². The Bertz CT molecular complexity index is 1480. The van der Waals surface area contributed by atoms with E-state index in [-0.39, 0.29) is 17.3 Å². The molecule has 3 aromatic rings. The van der Waals surface area contributed by atoms with Gasteiger partial charge in [-0.05, 0) is 35.9 Å². The molecule has 1 spiro atoms. The van der Waals surface area contributed by atoms with Crippen molar-refractivity contribution in [3.63, 3.8) is 0 Å². The van der Waals surface area contributed by atoms with Gasteiger partial charge in [-0.2, -0.15) is 0 Å². The van der Waals surface area contributed by atoms with Crippen LogP contribution in [0.3, 0.4) is 0 Å². The third-order valence-corrected chi connectivity index (χ3v) is 8.00. The molecule has 0 N–H and O–H groups in total. The van der Waals surface area contributed by atoms with Crippen LogP contribution in [0.4, 0.5) is 14.5 Å². The van der Waals surface area contributed by atoms with E-state index in [2.05, 4.69) is 0 Å². The zero-order valence-corrected chi connectivity index (χ0v) is 20.7. The highest BCUT2D eigenvalue weighted by Crippen LogP contribution is 2.61. The fourth-order valence-electron chi connectivity index (χ4n) is 6.43. The number of hydrogen-bond donors (Lipinski definition) is 0. The smallest absolute Gasteiger partial charge is 0.180 e. The number of carbonyl (C=O) groups is 3. The van der Waals surface area contributed by atoms with Crippen LogP contribution in [0, 0.1) is 22.5 Å². The Morgan fingerprint density at radius 3 is 2.05 bits per heavy atom. The molecular weight excluding hydrogens is 472 g/mol. The van der Waals surface area contributed by atoms with Gasteiger partial charge in [-0.1, -0.05) is 69.3 Å². The molecule has 1 aliphatic carbocycles. The zero-order valence-electron chi connectivity index (χ0n) is 20.7. The van der Waals surface area contributed by atoms with Crippen LogP contribution in [0.1, 0.15) is 58.5 Å². The Hall–Kier alpha value is -3.93. The SMILES string of the molecule is CC(C)(C)C(=O)[C@H]1[C@H](c2ccc(F)cc2)C2(C(=O)c3ccccc3C2=O)[C@H]2C=Cc3cc(F)ccc3N12. The van der Waals surface area contributed by atoms with E-state index in [1.807, 2.05) is 4.90 Å². The molecule has 0 bridgehead atoms. The molecule has 186 valence electrons. The number of ketones is 3. The Balaban J connectivity index is 1.70. The average Bonchev–Trinajstić information content (AvgIpc) is 3.29. The van der Waals surface area contributed by atoms with Gasteiger partial charge in [0.1, 0.15) is 17.0 Å². The first-order valence-electron chi connectivity index (χ1n) is 12.3. The molecule has 0 unspecified atom stereocenters. The summed E-state index contributed by atoms with van der Waals surface area (Å²) >= 11 is 0. The molecule has 3 atom stereocenters. The summed E-state index contributed by atoms with van der Waals surface area (Å²) in [6.45, 7) is 5.40. The lowest BCUT2D eigenvalue weighted by atomic mass is 9.63. The highest BCUT2D eigenvalue weighted by molar-refractivity contribution is 6.32. The fourth-order valence-corrected chi connectivity index (χ4v) is 6.43. The summed E-state index contributed by atoms with van der Waals surface area (Å²) < 4.78 is 28.2. The topological polar surface area (TPSA) is 54.5 Å². The van der Waals surface area contributed by atoms with Gasteiger partial charge < -0.3 is 4.90 Å². The molecule has 3 aromatic carbocycles. The second-order valence-corrected chi connectivity index (χ2v) is 11.1. The van der Waals surface area contributed by atoms with E-state index in [0.29, 0.717) is 27.9 Å². The molecule has 37 heavy (non-hydrogen) atoms. The maximum atomic E-state index is 14.4. The molecule has 4 nitrogen and oxygen atoms in total. The second-order valence-electron chi connectivity index (χ2n) is 11.1. The number of halogens is 2. The first-order chi connectivity index (χ1) is 17.6. The number of rotatable bonds is 2. The summed E-state index contributed by atoms with van der Waals surface area (Å²) in [6, 6.07) is 15.0. The monoisotopic (exact) mass is 497 g/mol. The van der Waals surface area contributed by atoms with Crippen LogP contribution in [0.5, 0.6) is 0 Å². The summed E-state index contributed by atoms with van der Waals surface area (Å²) in [7, 11) is 0. The van der Waals surface area contributed by atoms with Crippen LogP contribution in [0.15, 0.2) is 72.8 Å². The molecule has 1 saturated heterocycles. The molecule has 2 aliphatic heterocycles. The standard InChI is InChI=1S/C31H25F2NO3/c1-30(2,3)29(37)26-25(17-8-11-19(32)12-9-17)31(27(35)21-6-4-5-7-22(21)28(31)36)24-15-10-18-16-20(33)13-14-23(18)34(24)26/h4-16,24-26H,1-3H3/t24-,25+,26-/m1/s1. The Morgan fingerprint density at radius 1 is 0.865 bits per heavy atom. The Morgan fingerprint density at radius 2 is 1.46 bits per heavy atom. The van der Waals surface area contributed by atoms with Gasteiger partial charge in [0.25, 0.3) is 0 Å². The van der Waals surface area contributed by atoms with Gasteiger partial charge in [-0.3, -0.25) is 14.4 Å². The van der Waals surface area contributed by atoms with Gasteiger partial charge >= 0.3 is 0 Å². The molecule has 0 amide bonds. The first kappa shape index (κ1) is 23.5. The largest absolute Gasteiger partial charge is 0.352 e. The predicted molar refractivity (Wildman–Crippen MR) is 137 cm³/mol. The van der Waals surface area contributed by atoms with Gasteiger partial charge in [-0.15, -0.1) is 0 Å². The van der Waals surface area contributed by atoms with Crippen molar-refractivity contribution in [2.24, 2.45) is 10.8 Å².